The van der Waals surface area contributed by atoms with Crippen molar-refractivity contribution in [3.8, 4) is 0 Å². The van der Waals surface area contributed by atoms with Crippen molar-refractivity contribution in [2.24, 2.45) is 5.92 Å². The lowest BCUT2D eigenvalue weighted by atomic mass is 10.0. The predicted octanol–water partition coefficient (Wildman–Crippen LogP) is 1.38. The Balaban J connectivity index is 2.82. The van der Waals surface area contributed by atoms with Crippen LogP contribution in [0.4, 0.5) is 4.79 Å². The predicted molar refractivity (Wildman–Crippen MR) is 64.6 cm³/mol. The lowest BCUT2D eigenvalue weighted by Crippen LogP contribution is -2.59. The summed E-state index contributed by atoms with van der Waals surface area (Å²) in [5.41, 5.74) is -0.580. The summed E-state index contributed by atoms with van der Waals surface area (Å²) in [6.07, 6.45) is -0.539. The Kier molecular flexibility index (Phi) is 4.14. The second-order valence-electron chi connectivity index (χ2n) is 5.69. The number of nitrogens with one attached hydrogen (secondary N) is 1. The number of imide groups is 1. The fourth-order valence-electron chi connectivity index (χ4n) is 1.77. The first-order chi connectivity index (χ1) is 7.72. The van der Waals surface area contributed by atoms with Crippen molar-refractivity contribution in [2.45, 2.75) is 46.3 Å². The van der Waals surface area contributed by atoms with E-state index in [1.165, 1.54) is 4.90 Å². The van der Waals surface area contributed by atoms with E-state index in [0.717, 1.165) is 0 Å². The summed E-state index contributed by atoms with van der Waals surface area (Å²) in [7, 11) is 0. The van der Waals surface area contributed by atoms with Gasteiger partial charge < -0.3 is 10.1 Å². The summed E-state index contributed by atoms with van der Waals surface area (Å²) in [5.74, 6) is -0.0107. The largest absolute Gasteiger partial charge is 0.443 e. The smallest absolute Gasteiger partial charge is 0.417 e. The highest BCUT2D eigenvalue weighted by Gasteiger charge is 2.37. The molecule has 1 saturated heterocycles. The van der Waals surface area contributed by atoms with Crippen LogP contribution in [0, 0.1) is 5.92 Å². The molecule has 2 amide bonds. The van der Waals surface area contributed by atoms with Crippen LogP contribution in [0.25, 0.3) is 0 Å². The van der Waals surface area contributed by atoms with E-state index in [1.807, 2.05) is 13.8 Å². The number of ether oxygens (including phenoxy) is 1. The third-order valence-corrected chi connectivity index (χ3v) is 2.59. The zero-order valence-electron chi connectivity index (χ0n) is 11.2. The zero-order valence-corrected chi connectivity index (χ0v) is 11.2. The molecule has 5 heteroatoms. The van der Waals surface area contributed by atoms with E-state index < -0.39 is 11.7 Å². The van der Waals surface area contributed by atoms with Crippen molar-refractivity contribution in [1.82, 2.24) is 10.2 Å². The molecule has 1 aliphatic rings. The van der Waals surface area contributed by atoms with Crippen LogP contribution in [0.1, 0.15) is 34.6 Å². The number of rotatable bonds is 1. The lowest BCUT2D eigenvalue weighted by Gasteiger charge is -2.37. The van der Waals surface area contributed by atoms with E-state index in [2.05, 4.69) is 5.32 Å². The lowest BCUT2D eigenvalue weighted by molar-refractivity contribution is -0.134. The van der Waals surface area contributed by atoms with Gasteiger partial charge in [-0.2, -0.15) is 0 Å². The second kappa shape index (κ2) is 5.04. The van der Waals surface area contributed by atoms with Crippen molar-refractivity contribution in [2.75, 3.05) is 13.1 Å². The fourth-order valence-corrected chi connectivity index (χ4v) is 1.77. The number of nitrogens with zero attached hydrogens (tertiary/aromatic N) is 1. The maximum atomic E-state index is 12.0. The Labute approximate surface area is 102 Å². The van der Waals surface area contributed by atoms with Crippen molar-refractivity contribution < 1.29 is 14.3 Å². The summed E-state index contributed by atoms with van der Waals surface area (Å²) in [6, 6.07) is -0.133. The number of piperazine rings is 1. The molecule has 0 saturated carbocycles. The van der Waals surface area contributed by atoms with Crippen LogP contribution in [0.2, 0.25) is 0 Å². The molecule has 0 aliphatic carbocycles. The van der Waals surface area contributed by atoms with Crippen LogP contribution >= 0.6 is 0 Å². The van der Waals surface area contributed by atoms with E-state index in [0.29, 0.717) is 6.54 Å². The van der Waals surface area contributed by atoms with Crippen LogP contribution in [-0.2, 0) is 9.53 Å². The zero-order chi connectivity index (χ0) is 13.2. The van der Waals surface area contributed by atoms with Gasteiger partial charge in [0.2, 0.25) is 5.91 Å². The number of hydrogen-bond donors (Lipinski definition) is 1. The number of carbonyl (C=O) groups is 2. The van der Waals surface area contributed by atoms with Gasteiger partial charge in [0.05, 0.1) is 12.6 Å². The standard InChI is InChI=1S/C12H22N2O3/c1-8(2)9-6-13-7-10(15)14(9)11(16)17-12(3,4)5/h8-9,13H,6-7H2,1-5H3. The summed E-state index contributed by atoms with van der Waals surface area (Å²) in [5, 5.41) is 3.01. The highest BCUT2D eigenvalue weighted by molar-refractivity contribution is 5.94. The van der Waals surface area contributed by atoms with Crippen molar-refractivity contribution in [3.63, 3.8) is 0 Å². The fraction of sp³-hybridized carbons (Fsp3) is 0.833. The van der Waals surface area contributed by atoms with Crippen LogP contribution in [0.5, 0.6) is 0 Å². The molecule has 0 bridgehead atoms. The SMILES string of the molecule is CC(C)C1CNCC(=O)N1C(=O)OC(C)(C)C. The Morgan fingerprint density at radius 3 is 2.53 bits per heavy atom. The van der Waals surface area contributed by atoms with Crippen LogP contribution in [0.15, 0.2) is 0 Å². The Hall–Kier alpha value is -1.10. The van der Waals surface area contributed by atoms with Gasteiger partial charge in [-0.15, -0.1) is 0 Å². The molecule has 1 atom stereocenters. The summed E-state index contributed by atoms with van der Waals surface area (Å²) in [6.45, 7) is 10.2. The van der Waals surface area contributed by atoms with Gasteiger partial charge in [0.25, 0.3) is 0 Å². The number of carbonyl (C=O) groups excluding carboxylic acids is 2. The number of amides is 2. The van der Waals surface area contributed by atoms with Crippen molar-refractivity contribution in [3.05, 3.63) is 0 Å². The average molecular weight is 242 g/mol. The van der Waals surface area contributed by atoms with E-state index >= 15 is 0 Å². The van der Waals surface area contributed by atoms with E-state index in [9.17, 15) is 9.59 Å². The highest BCUT2D eigenvalue weighted by atomic mass is 16.6. The maximum Gasteiger partial charge on any atom is 0.417 e. The van der Waals surface area contributed by atoms with Crippen LogP contribution in [0.3, 0.4) is 0 Å². The van der Waals surface area contributed by atoms with Crippen LogP contribution < -0.4 is 5.32 Å². The molecule has 5 nitrogen and oxygen atoms in total. The summed E-state index contributed by atoms with van der Waals surface area (Å²) >= 11 is 0. The minimum atomic E-state index is -0.580. The van der Waals surface area contributed by atoms with E-state index in [-0.39, 0.29) is 24.4 Å². The molecular formula is C12H22N2O3. The molecule has 1 aliphatic heterocycles. The van der Waals surface area contributed by atoms with Crippen molar-refractivity contribution >= 4 is 12.0 Å². The third-order valence-electron chi connectivity index (χ3n) is 2.59. The molecule has 0 aromatic carbocycles. The quantitative estimate of drug-likeness (QED) is 0.754. The molecule has 1 fully saturated rings. The second-order valence-corrected chi connectivity index (χ2v) is 5.69. The molecule has 0 aromatic heterocycles. The molecule has 1 N–H and O–H groups in total. The van der Waals surface area contributed by atoms with Gasteiger partial charge >= 0.3 is 6.09 Å². The molecule has 0 aromatic rings. The topological polar surface area (TPSA) is 58.6 Å². The molecule has 17 heavy (non-hydrogen) atoms. The Bertz CT molecular complexity index is 307. The minimum absolute atomic E-state index is 0.133. The number of hydrogen-bond acceptors (Lipinski definition) is 4. The Morgan fingerprint density at radius 1 is 1.47 bits per heavy atom. The summed E-state index contributed by atoms with van der Waals surface area (Å²) in [4.78, 5) is 25.0. The van der Waals surface area contributed by atoms with Gasteiger partial charge in [-0.05, 0) is 26.7 Å². The van der Waals surface area contributed by atoms with Crippen LogP contribution in [-0.4, -0.2) is 41.6 Å². The summed E-state index contributed by atoms with van der Waals surface area (Å²) < 4.78 is 5.27. The molecule has 1 unspecified atom stereocenters. The first-order valence-corrected chi connectivity index (χ1v) is 5.98. The van der Waals surface area contributed by atoms with Gasteiger partial charge in [-0.1, -0.05) is 13.8 Å². The van der Waals surface area contributed by atoms with Gasteiger partial charge in [-0.25, -0.2) is 9.69 Å². The van der Waals surface area contributed by atoms with Gasteiger partial charge in [-0.3, -0.25) is 4.79 Å². The van der Waals surface area contributed by atoms with E-state index in [1.54, 1.807) is 20.8 Å². The Morgan fingerprint density at radius 2 is 2.06 bits per heavy atom. The maximum absolute atomic E-state index is 12.0. The molecule has 98 valence electrons. The first-order valence-electron chi connectivity index (χ1n) is 5.98. The van der Waals surface area contributed by atoms with Crippen molar-refractivity contribution in [1.29, 1.82) is 0 Å². The van der Waals surface area contributed by atoms with Gasteiger partial charge in [0.1, 0.15) is 5.60 Å². The molecule has 0 radical (unpaired) electrons. The third kappa shape index (κ3) is 3.70. The van der Waals surface area contributed by atoms with Gasteiger partial charge in [0.15, 0.2) is 0 Å². The first kappa shape index (κ1) is 14.0. The average Bonchev–Trinajstić information content (AvgIpc) is 2.13. The minimum Gasteiger partial charge on any atom is -0.443 e. The van der Waals surface area contributed by atoms with Gasteiger partial charge in [0, 0.05) is 6.54 Å². The molecule has 0 spiro atoms. The highest BCUT2D eigenvalue weighted by Crippen LogP contribution is 2.18. The molecule has 1 rings (SSSR count). The molecular weight excluding hydrogens is 220 g/mol. The normalized spacial score (nSPS) is 21.9. The molecule has 1 heterocycles. The monoisotopic (exact) mass is 242 g/mol. The van der Waals surface area contributed by atoms with E-state index in [4.69, 9.17) is 4.74 Å².